The number of ether oxygens (including phenoxy) is 1. The predicted molar refractivity (Wildman–Crippen MR) is 114 cm³/mol. The Morgan fingerprint density at radius 2 is 1.97 bits per heavy atom. The molecule has 1 aromatic heterocycles. The fourth-order valence-electron chi connectivity index (χ4n) is 4.98. The first kappa shape index (κ1) is 17.6. The van der Waals surface area contributed by atoms with Crippen LogP contribution < -0.4 is 10.1 Å². The molecule has 1 fully saturated rings. The average molecular weight is 400 g/mol. The Balaban J connectivity index is 1.56. The van der Waals surface area contributed by atoms with Gasteiger partial charge in [-0.05, 0) is 37.4 Å². The second-order valence-electron chi connectivity index (χ2n) is 8.22. The van der Waals surface area contributed by atoms with E-state index in [1.807, 2.05) is 55.7 Å². The number of carbonyl (C=O) groups is 1. The number of benzene rings is 2. The quantitative estimate of drug-likeness (QED) is 0.616. The molecule has 7 nitrogen and oxygen atoms in total. The van der Waals surface area contributed by atoms with Crippen LogP contribution in [-0.2, 0) is 0 Å². The highest BCUT2D eigenvalue weighted by Gasteiger charge is 2.55. The van der Waals surface area contributed by atoms with E-state index in [2.05, 4.69) is 15.3 Å². The maximum Gasteiger partial charge on any atom is 0.379 e. The van der Waals surface area contributed by atoms with Crippen molar-refractivity contribution >= 4 is 28.9 Å². The van der Waals surface area contributed by atoms with E-state index in [0.717, 1.165) is 54.0 Å². The molecule has 1 atom stereocenters. The number of nitrogens with zero attached hydrogens (tertiary/aromatic N) is 3. The summed E-state index contributed by atoms with van der Waals surface area (Å²) in [6.07, 6.45) is 5.16. The van der Waals surface area contributed by atoms with E-state index in [1.165, 1.54) is 0 Å². The zero-order valence-electron chi connectivity index (χ0n) is 16.7. The van der Waals surface area contributed by atoms with Gasteiger partial charge in [0, 0.05) is 12.8 Å². The van der Waals surface area contributed by atoms with Crippen LogP contribution in [0.5, 0.6) is 5.75 Å². The van der Waals surface area contributed by atoms with Crippen molar-refractivity contribution in [2.75, 3.05) is 20.1 Å². The number of para-hydroxylation sites is 2. The molecule has 3 aliphatic rings. The van der Waals surface area contributed by atoms with Gasteiger partial charge in [0.25, 0.3) is 0 Å². The first-order chi connectivity index (χ1) is 14.6. The number of nitrogens with one attached hydrogen (secondary N) is 2. The van der Waals surface area contributed by atoms with Gasteiger partial charge in [0.1, 0.15) is 29.5 Å². The average Bonchev–Trinajstić information content (AvgIpc) is 3.40. The molecule has 0 saturated carbocycles. The van der Waals surface area contributed by atoms with Crippen LogP contribution in [0.3, 0.4) is 0 Å². The molecule has 7 heteroatoms. The van der Waals surface area contributed by atoms with Crippen molar-refractivity contribution in [3.8, 4) is 5.75 Å². The maximum atomic E-state index is 13.9. The highest BCUT2D eigenvalue weighted by atomic mass is 16.5. The molecule has 150 valence electrons. The molecule has 1 unspecified atom stereocenters. The number of hydrogen-bond donors (Lipinski definition) is 2. The lowest BCUT2D eigenvalue weighted by Gasteiger charge is -2.42. The second kappa shape index (κ2) is 6.10. The molecule has 6 rings (SSSR count). The van der Waals surface area contributed by atoms with Crippen molar-refractivity contribution in [3.05, 3.63) is 65.5 Å². The summed E-state index contributed by atoms with van der Waals surface area (Å²) < 4.78 is 6.41. The first-order valence-electron chi connectivity index (χ1n) is 10.3. The molecule has 2 N–H and O–H groups in total. The second-order valence-corrected chi connectivity index (χ2v) is 8.22. The van der Waals surface area contributed by atoms with E-state index in [9.17, 15) is 4.79 Å². The lowest BCUT2D eigenvalue weighted by atomic mass is 9.80. The Kier molecular flexibility index (Phi) is 3.57. The molecule has 30 heavy (non-hydrogen) atoms. The number of imidazole rings is 1. The smallest absolute Gasteiger partial charge is 0.379 e. The summed E-state index contributed by atoms with van der Waals surface area (Å²) in [5.41, 5.74) is 4.48. The summed E-state index contributed by atoms with van der Waals surface area (Å²) in [6, 6.07) is 13.6. The molecule has 1 saturated heterocycles. The molecular formula is C23H22N5O2+. The standard InChI is InChI=1S/C23H21N5O2/c1-28(22(29)16-6-4-7-18-20(16)26-14-25-18)21-15-5-2-3-8-19(15)30-23(17(21)13-27-28)9-11-24-12-10-23/h2-8,13-14,24H,9-12H2,1H3/p+1. The van der Waals surface area contributed by atoms with Crippen molar-refractivity contribution in [3.63, 3.8) is 0 Å². The van der Waals surface area contributed by atoms with Gasteiger partial charge in [0.15, 0.2) is 5.70 Å². The number of piperidine rings is 1. The predicted octanol–water partition coefficient (Wildman–Crippen LogP) is 3.08. The van der Waals surface area contributed by atoms with Crippen LogP contribution in [0.15, 0.2) is 59.5 Å². The van der Waals surface area contributed by atoms with Gasteiger partial charge in [-0.3, -0.25) is 0 Å². The lowest BCUT2D eigenvalue weighted by molar-refractivity contribution is -0.758. The molecule has 4 heterocycles. The molecular weight excluding hydrogens is 378 g/mol. The van der Waals surface area contributed by atoms with Crippen molar-refractivity contribution in [2.24, 2.45) is 5.10 Å². The number of rotatable bonds is 1. The Hall–Kier alpha value is -3.29. The van der Waals surface area contributed by atoms with Crippen LogP contribution in [-0.4, -0.2) is 52.4 Å². The first-order valence-corrected chi connectivity index (χ1v) is 10.3. The van der Waals surface area contributed by atoms with Gasteiger partial charge in [-0.2, -0.15) is 0 Å². The minimum Gasteiger partial charge on any atom is -0.481 e. The molecule has 3 aliphatic heterocycles. The monoisotopic (exact) mass is 400 g/mol. The Labute approximate surface area is 173 Å². The van der Waals surface area contributed by atoms with Gasteiger partial charge in [-0.15, -0.1) is 4.59 Å². The third-order valence-electron chi connectivity index (χ3n) is 6.53. The lowest BCUT2D eigenvalue weighted by Crippen LogP contribution is -2.51. The third kappa shape index (κ3) is 2.24. The Morgan fingerprint density at radius 1 is 1.13 bits per heavy atom. The number of amides is 1. The fourth-order valence-corrected chi connectivity index (χ4v) is 4.98. The van der Waals surface area contributed by atoms with E-state index < -0.39 is 5.60 Å². The zero-order chi connectivity index (χ0) is 20.3. The SMILES string of the molecule is C[N+]1(C(=O)c2cccc3[nH]cnc23)N=CC2=C1c1ccccc1OC21CCNCC1. The van der Waals surface area contributed by atoms with Crippen LogP contribution >= 0.6 is 0 Å². The van der Waals surface area contributed by atoms with E-state index in [4.69, 9.17) is 9.84 Å². The molecule has 3 aromatic rings. The van der Waals surface area contributed by atoms with Crippen LogP contribution in [0.1, 0.15) is 28.8 Å². The van der Waals surface area contributed by atoms with Gasteiger partial charge in [-0.25, -0.2) is 9.78 Å². The Bertz CT molecular complexity index is 1250. The van der Waals surface area contributed by atoms with Crippen LogP contribution in [0.4, 0.5) is 0 Å². The minimum absolute atomic E-state index is 0.102. The molecule has 2 aromatic carbocycles. The molecule has 1 spiro atoms. The largest absolute Gasteiger partial charge is 0.481 e. The van der Waals surface area contributed by atoms with Crippen molar-refractivity contribution in [1.82, 2.24) is 15.3 Å². The summed E-state index contributed by atoms with van der Waals surface area (Å²) in [6.45, 7) is 1.74. The summed E-state index contributed by atoms with van der Waals surface area (Å²) in [4.78, 5) is 21.4. The maximum absolute atomic E-state index is 13.9. The normalized spacial score (nSPS) is 24.0. The van der Waals surface area contributed by atoms with E-state index in [1.54, 1.807) is 6.33 Å². The summed E-state index contributed by atoms with van der Waals surface area (Å²) in [5.74, 6) is 0.716. The number of aromatic nitrogens is 2. The number of H-pyrrole nitrogens is 1. The third-order valence-corrected chi connectivity index (χ3v) is 6.53. The number of fused-ring (bicyclic) bond motifs is 4. The molecule has 0 bridgehead atoms. The topological polar surface area (TPSA) is 79.4 Å². The number of aromatic amines is 1. The van der Waals surface area contributed by atoms with Crippen molar-refractivity contribution < 1.29 is 14.1 Å². The molecule has 1 amide bonds. The van der Waals surface area contributed by atoms with Gasteiger partial charge < -0.3 is 15.0 Å². The fraction of sp³-hybridized carbons (Fsp3) is 0.261. The van der Waals surface area contributed by atoms with Crippen molar-refractivity contribution in [1.29, 1.82) is 0 Å². The van der Waals surface area contributed by atoms with E-state index in [0.29, 0.717) is 11.1 Å². The highest BCUT2D eigenvalue weighted by Crippen LogP contribution is 2.50. The van der Waals surface area contributed by atoms with Gasteiger partial charge in [0.2, 0.25) is 0 Å². The zero-order valence-corrected chi connectivity index (χ0v) is 16.7. The van der Waals surface area contributed by atoms with Gasteiger partial charge in [0.05, 0.1) is 29.2 Å². The van der Waals surface area contributed by atoms with Crippen molar-refractivity contribution in [2.45, 2.75) is 18.4 Å². The minimum atomic E-state index is -0.451. The summed E-state index contributed by atoms with van der Waals surface area (Å²) in [5, 5.41) is 8.19. The highest BCUT2D eigenvalue weighted by molar-refractivity contribution is 6.06. The number of carbonyl (C=O) groups excluding carboxylic acids is 1. The van der Waals surface area contributed by atoms with E-state index in [-0.39, 0.29) is 10.5 Å². The molecule has 0 radical (unpaired) electrons. The van der Waals surface area contributed by atoms with Crippen LogP contribution in [0.25, 0.3) is 16.7 Å². The van der Waals surface area contributed by atoms with Gasteiger partial charge >= 0.3 is 5.91 Å². The van der Waals surface area contributed by atoms with Crippen LogP contribution in [0.2, 0.25) is 0 Å². The van der Waals surface area contributed by atoms with E-state index >= 15 is 0 Å². The number of hydrogen-bond acceptors (Lipinski definition) is 5. The number of quaternary nitrogens is 1. The summed E-state index contributed by atoms with van der Waals surface area (Å²) >= 11 is 0. The van der Waals surface area contributed by atoms with Gasteiger partial charge in [-0.1, -0.05) is 23.3 Å². The van der Waals surface area contributed by atoms with Crippen LogP contribution in [0, 0.1) is 0 Å². The molecule has 0 aliphatic carbocycles. The Morgan fingerprint density at radius 3 is 2.83 bits per heavy atom. The summed E-state index contributed by atoms with van der Waals surface area (Å²) in [7, 11) is 1.86.